The highest BCUT2D eigenvalue weighted by molar-refractivity contribution is 6.15. The summed E-state index contributed by atoms with van der Waals surface area (Å²) in [7, 11) is 1.53. The Kier molecular flexibility index (Phi) is 7.30. The van der Waals surface area contributed by atoms with Crippen LogP contribution in [0, 0.1) is 25.2 Å². The fraction of sp³-hybridized carbons (Fsp3) is 0.500. The number of terminal acetylenes is 1. The third kappa shape index (κ3) is 5.41. The number of hydrogen-bond acceptors (Lipinski definition) is 4. The van der Waals surface area contributed by atoms with Crippen molar-refractivity contribution in [3.05, 3.63) is 28.8 Å². The molecule has 2 atom stereocenters. The minimum Gasteiger partial charge on any atom is -0.484 e. The van der Waals surface area contributed by atoms with E-state index < -0.39 is 24.6 Å². The van der Waals surface area contributed by atoms with Crippen LogP contribution in [-0.4, -0.2) is 48.7 Å². The van der Waals surface area contributed by atoms with Gasteiger partial charge in [0.05, 0.1) is 6.54 Å². The number of benzene rings is 1. The van der Waals surface area contributed by atoms with Gasteiger partial charge in [0, 0.05) is 25.8 Å². The Morgan fingerprint density at radius 3 is 2.57 bits per heavy atom. The second-order valence-electron chi connectivity index (χ2n) is 7.43. The van der Waals surface area contributed by atoms with E-state index >= 15 is 0 Å². The number of amides is 1. The van der Waals surface area contributed by atoms with Crippen LogP contribution in [0.25, 0.3) is 0 Å². The van der Waals surface area contributed by atoms with Crippen LogP contribution in [0.15, 0.2) is 12.1 Å². The number of carbonyl (C=O) groups excluding carboxylic acids is 3. The zero-order valence-electron chi connectivity index (χ0n) is 17.1. The number of carbonyl (C=O) groups is 3. The quantitative estimate of drug-likeness (QED) is 0.499. The van der Waals surface area contributed by atoms with E-state index in [0.717, 1.165) is 0 Å². The van der Waals surface area contributed by atoms with Crippen molar-refractivity contribution in [2.45, 2.75) is 45.2 Å². The topological polar surface area (TPSA) is 63.7 Å². The zero-order valence-corrected chi connectivity index (χ0v) is 17.1. The van der Waals surface area contributed by atoms with Crippen molar-refractivity contribution in [1.82, 2.24) is 4.90 Å². The van der Waals surface area contributed by atoms with Crippen LogP contribution in [0.4, 0.5) is 13.2 Å². The zero-order chi connectivity index (χ0) is 22.6. The first-order chi connectivity index (χ1) is 14.0. The molecule has 162 valence electrons. The highest BCUT2D eigenvalue weighted by Gasteiger charge is 2.44. The molecule has 0 bridgehead atoms. The maximum Gasteiger partial charge on any atom is 0.422 e. The molecule has 2 unspecified atom stereocenters. The number of ketones is 2. The molecule has 0 saturated heterocycles. The lowest BCUT2D eigenvalue weighted by Crippen LogP contribution is -2.30. The van der Waals surface area contributed by atoms with Crippen LogP contribution in [-0.2, 0) is 20.8 Å². The number of rotatable bonds is 7. The van der Waals surface area contributed by atoms with Gasteiger partial charge in [0.2, 0.25) is 5.91 Å². The Balaban J connectivity index is 2.28. The van der Waals surface area contributed by atoms with E-state index in [4.69, 9.17) is 11.2 Å². The summed E-state index contributed by atoms with van der Waals surface area (Å²) in [6, 6.07) is 2.84. The average molecular weight is 423 g/mol. The maximum atomic E-state index is 13.0. The van der Waals surface area contributed by atoms with Crippen molar-refractivity contribution in [3.63, 3.8) is 0 Å². The maximum absolute atomic E-state index is 13.0. The Morgan fingerprint density at radius 1 is 1.33 bits per heavy atom. The first kappa shape index (κ1) is 23.5. The van der Waals surface area contributed by atoms with Crippen molar-refractivity contribution < 1.29 is 32.3 Å². The van der Waals surface area contributed by atoms with Crippen molar-refractivity contribution in [3.8, 4) is 18.1 Å². The summed E-state index contributed by atoms with van der Waals surface area (Å²) < 4.78 is 42.2. The molecule has 1 fully saturated rings. The molecule has 1 amide bonds. The molecular formula is C22H24F3NO4. The molecule has 1 aromatic carbocycles. The third-order valence-corrected chi connectivity index (χ3v) is 5.15. The van der Waals surface area contributed by atoms with Crippen LogP contribution in [0.5, 0.6) is 5.75 Å². The molecule has 2 rings (SSSR count). The summed E-state index contributed by atoms with van der Waals surface area (Å²) in [5, 5.41) is 0. The van der Waals surface area contributed by atoms with Gasteiger partial charge in [0.25, 0.3) is 0 Å². The molecule has 0 radical (unpaired) electrons. The molecule has 8 heteroatoms. The minimum atomic E-state index is -4.47. The summed E-state index contributed by atoms with van der Waals surface area (Å²) >= 11 is 0. The highest BCUT2D eigenvalue weighted by Crippen LogP contribution is 2.39. The average Bonchev–Trinajstić information content (AvgIpc) is 2.92. The van der Waals surface area contributed by atoms with Gasteiger partial charge in [-0.3, -0.25) is 14.4 Å². The lowest BCUT2D eigenvalue weighted by atomic mass is 9.85. The first-order valence-corrected chi connectivity index (χ1v) is 9.55. The molecule has 5 nitrogen and oxygen atoms in total. The molecular weight excluding hydrogens is 399 g/mol. The van der Waals surface area contributed by atoms with Gasteiger partial charge >= 0.3 is 6.18 Å². The Hall–Kier alpha value is -2.82. The van der Waals surface area contributed by atoms with Gasteiger partial charge in [-0.25, -0.2) is 0 Å². The lowest BCUT2D eigenvalue weighted by Gasteiger charge is -2.19. The van der Waals surface area contributed by atoms with Crippen LogP contribution in [0.1, 0.15) is 42.4 Å². The Labute approximate surface area is 173 Å². The predicted molar refractivity (Wildman–Crippen MR) is 104 cm³/mol. The van der Waals surface area contributed by atoms with Gasteiger partial charge in [-0.1, -0.05) is 12.8 Å². The number of hydrogen-bond donors (Lipinski definition) is 0. The van der Waals surface area contributed by atoms with E-state index in [1.54, 1.807) is 13.8 Å². The van der Waals surface area contributed by atoms with Crippen LogP contribution < -0.4 is 4.74 Å². The van der Waals surface area contributed by atoms with E-state index in [1.807, 2.05) is 0 Å². The van der Waals surface area contributed by atoms with Crippen molar-refractivity contribution in [1.29, 1.82) is 0 Å². The molecule has 1 aliphatic rings. The number of nitrogens with zero attached hydrogens (tertiary/aromatic N) is 1. The standard InChI is InChI=1S/C22H24F3NO4/c1-5-7-26(4)18(28)11-15-10-17(27)20(21(15)29)19-13(3)8-16(9-14(19)6-2)30-12-22(23,24)25/h1,8-9,15,20H,6-7,10-12H2,2-4H3. The van der Waals surface area contributed by atoms with Gasteiger partial charge in [0.15, 0.2) is 12.4 Å². The van der Waals surface area contributed by atoms with E-state index in [-0.39, 0.29) is 42.6 Å². The summed E-state index contributed by atoms with van der Waals surface area (Å²) in [5.41, 5.74) is 1.59. The molecule has 0 aliphatic heterocycles. The molecule has 1 saturated carbocycles. The summed E-state index contributed by atoms with van der Waals surface area (Å²) in [6.07, 6.45) is 0.977. The summed E-state index contributed by atoms with van der Waals surface area (Å²) in [5.74, 6) is -0.329. The van der Waals surface area contributed by atoms with E-state index in [0.29, 0.717) is 23.1 Å². The fourth-order valence-corrected chi connectivity index (χ4v) is 3.71. The second kappa shape index (κ2) is 9.33. The molecule has 30 heavy (non-hydrogen) atoms. The molecule has 0 spiro atoms. The molecule has 1 aliphatic carbocycles. The smallest absolute Gasteiger partial charge is 0.422 e. The van der Waals surface area contributed by atoms with E-state index in [1.165, 1.54) is 24.1 Å². The minimum absolute atomic E-state index is 0.0333. The van der Waals surface area contributed by atoms with Crippen molar-refractivity contribution in [2.75, 3.05) is 20.2 Å². The number of halogens is 3. The highest BCUT2D eigenvalue weighted by atomic mass is 19.4. The first-order valence-electron chi connectivity index (χ1n) is 9.55. The third-order valence-electron chi connectivity index (χ3n) is 5.15. The molecule has 0 N–H and O–H groups in total. The van der Waals surface area contributed by atoms with Gasteiger partial charge in [0.1, 0.15) is 17.5 Å². The molecule has 1 aromatic rings. The fourth-order valence-electron chi connectivity index (χ4n) is 3.71. The molecule has 0 heterocycles. The van der Waals surface area contributed by atoms with Crippen molar-refractivity contribution in [2.24, 2.45) is 5.92 Å². The number of ether oxygens (including phenoxy) is 1. The number of alkyl halides is 3. The summed E-state index contributed by atoms with van der Waals surface area (Å²) in [6.45, 7) is 2.10. The van der Waals surface area contributed by atoms with Crippen molar-refractivity contribution >= 4 is 17.5 Å². The lowest BCUT2D eigenvalue weighted by molar-refractivity contribution is -0.153. The largest absolute Gasteiger partial charge is 0.484 e. The number of aryl methyl sites for hydroxylation is 2. The van der Waals surface area contributed by atoms with Gasteiger partial charge in [-0.15, -0.1) is 6.42 Å². The monoisotopic (exact) mass is 423 g/mol. The summed E-state index contributed by atoms with van der Waals surface area (Å²) in [4.78, 5) is 39.2. The van der Waals surface area contributed by atoms with Crippen LogP contribution in [0.3, 0.4) is 0 Å². The van der Waals surface area contributed by atoms with Crippen LogP contribution >= 0.6 is 0 Å². The number of Topliss-reactive ketones (excluding diaryl/α,β-unsaturated/α-hetero) is 2. The predicted octanol–water partition coefficient (Wildman–Crippen LogP) is 3.22. The Bertz CT molecular complexity index is 886. The molecule has 0 aromatic heterocycles. The normalized spacial score (nSPS) is 19.0. The SMILES string of the molecule is C#CCN(C)C(=O)CC1CC(=O)C(c2c(C)cc(OCC(F)(F)F)cc2CC)C1=O. The van der Waals surface area contributed by atoms with E-state index in [9.17, 15) is 27.6 Å². The van der Waals surface area contributed by atoms with Gasteiger partial charge in [-0.05, 0) is 42.2 Å². The van der Waals surface area contributed by atoms with Crippen LogP contribution in [0.2, 0.25) is 0 Å². The van der Waals surface area contributed by atoms with E-state index in [2.05, 4.69) is 5.92 Å². The Morgan fingerprint density at radius 2 is 2.00 bits per heavy atom. The van der Waals surface area contributed by atoms with Gasteiger partial charge < -0.3 is 9.64 Å². The second-order valence-corrected chi connectivity index (χ2v) is 7.43. The van der Waals surface area contributed by atoms with Gasteiger partial charge in [-0.2, -0.15) is 13.2 Å².